The van der Waals surface area contributed by atoms with Gasteiger partial charge in [-0.05, 0) is 41.3 Å². The molecule has 0 saturated carbocycles. The molecule has 2 amide bonds. The summed E-state index contributed by atoms with van der Waals surface area (Å²) in [6, 6.07) is 34.9. The zero-order valence-electron chi connectivity index (χ0n) is 20.6. The van der Waals surface area contributed by atoms with E-state index in [9.17, 15) is 9.59 Å². The summed E-state index contributed by atoms with van der Waals surface area (Å²) in [5.74, 6) is -0.794. The molecule has 0 spiro atoms. The number of hydrogen-bond acceptors (Lipinski definition) is 3. The zero-order valence-corrected chi connectivity index (χ0v) is 20.6. The molecule has 0 fully saturated rings. The first-order valence-electron chi connectivity index (χ1n) is 12.1. The van der Waals surface area contributed by atoms with E-state index in [1.807, 2.05) is 122 Å². The van der Waals surface area contributed by atoms with Gasteiger partial charge in [-0.2, -0.15) is 0 Å². The molecule has 0 aliphatic carbocycles. The molecule has 4 aromatic carbocycles. The van der Waals surface area contributed by atoms with Crippen molar-refractivity contribution in [1.29, 1.82) is 0 Å². The summed E-state index contributed by atoms with van der Waals surface area (Å²) in [6.45, 7) is 0.524. The fraction of sp³-hybridized carbons (Fsp3) is 0.161. The number of carbonyl (C=O) groups excluding carboxylic acids is 2. The lowest BCUT2D eigenvalue weighted by molar-refractivity contribution is -0.116. The van der Waals surface area contributed by atoms with Crippen molar-refractivity contribution in [3.8, 4) is 0 Å². The molecule has 0 aromatic heterocycles. The van der Waals surface area contributed by atoms with E-state index in [0.29, 0.717) is 17.8 Å². The minimum absolute atomic E-state index is 0.152. The van der Waals surface area contributed by atoms with E-state index >= 15 is 0 Å². The summed E-state index contributed by atoms with van der Waals surface area (Å²) in [6.07, 6.45) is 0.746. The van der Waals surface area contributed by atoms with Crippen molar-refractivity contribution in [3.63, 3.8) is 0 Å². The molecule has 36 heavy (non-hydrogen) atoms. The largest absolute Gasteiger partial charge is 0.377 e. The van der Waals surface area contributed by atoms with Gasteiger partial charge < -0.3 is 15.5 Å². The van der Waals surface area contributed by atoms with Crippen molar-refractivity contribution in [2.45, 2.75) is 12.3 Å². The topological polar surface area (TPSA) is 61.4 Å². The van der Waals surface area contributed by atoms with Gasteiger partial charge >= 0.3 is 0 Å². The normalized spacial score (nSPS) is 10.6. The SMILES string of the molecule is CN(C)c1ccc(NC(=O)C(c2ccccc2)c2ccccc2)cc1C(=O)NCCc1ccccc1. The molecule has 5 nitrogen and oxygen atoms in total. The molecule has 0 unspecified atom stereocenters. The number of anilines is 2. The number of rotatable bonds is 9. The highest BCUT2D eigenvalue weighted by molar-refractivity contribution is 6.03. The molecular formula is C31H31N3O2. The summed E-state index contributed by atoms with van der Waals surface area (Å²) >= 11 is 0. The Kier molecular flexibility index (Phi) is 8.14. The van der Waals surface area contributed by atoms with Gasteiger partial charge in [-0.25, -0.2) is 0 Å². The van der Waals surface area contributed by atoms with E-state index in [1.54, 1.807) is 6.07 Å². The minimum atomic E-state index is -0.468. The van der Waals surface area contributed by atoms with Gasteiger partial charge in [0.05, 0.1) is 11.5 Å². The van der Waals surface area contributed by atoms with Crippen LogP contribution in [0.3, 0.4) is 0 Å². The maximum absolute atomic E-state index is 13.5. The molecule has 0 aliphatic rings. The van der Waals surface area contributed by atoms with E-state index in [-0.39, 0.29) is 11.8 Å². The molecule has 0 aliphatic heterocycles. The van der Waals surface area contributed by atoms with Crippen molar-refractivity contribution in [3.05, 3.63) is 131 Å². The Bertz CT molecular complexity index is 1250. The Morgan fingerprint density at radius 2 is 1.31 bits per heavy atom. The van der Waals surface area contributed by atoms with Crippen molar-refractivity contribution >= 4 is 23.2 Å². The van der Waals surface area contributed by atoms with Crippen molar-refractivity contribution in [2.24, 2.45) is 0 Å². The van der Waals surface area contributed by atoms with Gasteiger partial charge in [0.15, 0.2) is 0 Å². The number of hydrogen-bond donors (Lipinski definition) is 2. The standard InChI is InChI=1S/C31H31N3O2/c1-34(2)28-19-18-26(22-27(28)30(35)32-21-20-23-12-6-3-7-13-23)33-31(36)29(24-14-8-4-9-15-24)25-16-10-5-11-17-25/h3-19,22,29H,20-21H2,1-2H3,(H,32,35)(H,33,36). The lowest BCUT2D eigenvalue weighted by atomic mass is 9.90. The predicted molar refractivity (Wildman–Crippen MR) is 147 cm³/mol. The average Bonchev–Trinajstić information content (AvgIpc) is 2.90. The third-order valence-corrected chi connectivity index (χ3v) is 6.06. The lowest BCUT2D eigenvalue weighted by Gasteiger charge is -2.21. The smallest absolute Gasteiger partial charge is 0.253 e. The fourth-order valence-electron chi connectivity index (χ4n) is 4.25. The van der Waals surface area contributed by atoms with Crippen LogP contribution < -0.4 is 15.5 Å². The molecule has 4 aromatic rings. The molecule has 0 radical (unpaired) electrons. The Hall–Kier alpha value is -4.38. The third kappa shape index (κ3) is 6.19. The van der Waals surface area contributed by atoms with Crippen LogP contribution in [0.15, 0.2) is 109 Å². The van der Waals surface area contributed by atoms with Gasteiger partial charge in [-0.1, -0.05) is 91.0 Å². The first-order chi connectivity index (χ1) is 17.5. The van der Waals surface area contributed by atoms with Gasteiger partial charge in [0.25, 0.3) is 5.91 Å². The van der Waals surface area contributed by atoms with Gasteiger partial charge in [0.1, 0.15) is 0 Å². The molecule has 0 saturated heterocycles. The first-order valence-corrected chi connectivity index (χ1v) is 12.1. The van der Waals surface area contributed by atoms with E-state index in [2.05, 4.69) is 10.6 Å². The molecule has 0 heterocycles. The summed E-state index contributed by atoms with van der Waals surface area (Å²) in [7, 11) is 3.80. The Labute approximate surface area is 212 Å². The van der Waals surface area contributed by atoms with E-state index < -0.39 is 5.92 Å². The molecule has 4 rings (SSSR count). The van der Waals surface area contributed by atoms with Crippen molar-refractivity contribution < 1.29 is 9.59 Å². The van der Waals surface area contributed by atoms with Crippen LogP contribution in [-0.2, 0) is 11.2 Å². The highest BCUT2D eigenvalue weighted by Crippen LogP contribution is 2.28. The monoisotopic (exact) mass is 477 g/mol. The number of nitrogens with one attached hydrogen (secondary N) is 2. The van der Waals surface area contributed by atoms with Gasteiger partial charge in [-0.15, -0.1) is 0 Å². The van der Waals surface area contributed by atoms with Gasteiger partial charge in [-0.3, -0.25) is 9.59 Å². The third-order valence-electron chi connectivity index (χ3n) is 6.06. The molecule has 0 atom stereocenters. The van der Waals surface area contributed by atoms with Crippen molar-refractivity contribution in [1.82, 2.24) is 5.32 Å². The summed E-state index contributed by atoms with van der Waals surface area (Å²) in [5, 5.41) is 6.06. The predicted octanol–water partition coefficient (Wildman–Crippen LogP) is 5.50. The van der Waals surface area contributed by atoms with Crippen LogP contribution in [0.5, 0.6) is 0 Å². The molecule has 5 heteroatoms. The Morgan fingerprint density at radius 3 is 1.86 bits per heavy atom. The summed E-state index contributed by atoms with van der Waals surface area (Å²) in [4.78, 5) is 28.5. The second-order valence-corrected chi connectivity index (χ2v) is 8.86. The van der Waals surface area contributed by atoms with Crippen LogP contribution in [-0.4, -0.2) is 32.5 Å². The number of carbonyl (C=O) groups is 2. The second-order valence-electron chi connectivity index (χ2n) is 8.86. The minimum Gasteiger partial charge on any atom is -0.377 e. The maximum atomic E-state index is 13.5. The number of benzene rings is 4. The van der Waals surface area contributed by atoms with Crippen LogP contribution in [0, 0.1) is 0 Å². The van der Waals surface area contributed by atoms with Crippen LogP contribution >= 0.6 is 0 Å². The number of amides is 2. The van der Waals surface area contributed by atoms with Crippen LogP contribution in [0.25, 0.3) is 0 Å². The van der Waals surface area contributed by atoms with Crippen LogP contribution in [0.4, 0.5) is 11.4 Å². The molecule has 182 valence electrons. The second kappa shape index (κ2) is 11.8. The number of nitrogens with zero attached hydrogens (tertiary/aromatic N) is 1. The van der Waals surface area contributed by atoms with Gasteiger partial charge in [0.2, 0.25) is 5.91 Å². The van der Waals surface area contributed by atoms with E-state index in [4.69, 9.17) is 0 Å². The summed E-state index contributed by atoms with van der Waals surface area (Å²) < 4.78 is 0. The Balaban J connectivity index is 1.54. The van der Waals surface area contributed by atoms with Crippen LogP contribution in [0.2, 0.25) is 0 Å². The zero-order chi connectivity index (χ0) is 25.3. The quantitative estimate of drug-likeness (QED) is 0.335. The summed E-state index contributed by atoms with van der Waals surface area (Å²) in [5.41, 5.74) is 4.86. The molecule has 2 N–H and O–H groups in total. The fourth-order valence-corrected chi connectivity index (χ4v) is 4.25. The van der Waals surface area contributed by atoms with E-state index in [1.165, 1.54) is 5.56 Å². The Morgan fingerprint density at radius 1 is 0.750 bits per heavy atom. The first kappa shape index (κ1) is 24.7. The van der Waals surface area contributed by atoms with Gasteiger partial charge in [0, 0.05) is 32.0 Å². The van der Waals surface area contributed by atoms with Crippen molar-refractivity contribution in [2.75, 3.05) is 30.9 Å². The van der Waals surface area contributed by atoms with E-state index in [0.717, 1.165) is 23.2 Å². The highest BCUT2D eigenvalue weighted by atomic mass is 16.2. The average molecular weight is 478 g/mol. The maximum Gasteiger partial charge on any atom is 0.253 e. The molecule has 0 bridgehead atoms. The lowest BCUT2D eigenvalue weighted by Crippen LogP contribution is -2.28. The highest BCUT2D eigenvalue weighted by Gasteiger charge is 2.23. The van der Waals surface area contributed by atoms with Crippen LogP contribution in [0.1, 0.15) is 33.0 Å². The molecular weight excluding hydrogens is 446 g/mol.